The molecule has 5 N–H and O–H groups in total. The number of primary amides is 1. The zero-order valence-electron chi connectivity index (χ0n) is 7.49. The number of Topliss-reactive ketones (excluding diaryl/α,β-unsaturated/α-hetero) is 1. The number of nitrogens with two attached hydrogens (primary N) is 2. The normalized spacial score (nSPS) is 9.50. The minimum atomic E-state index is -0.636. The van der Waals surface area contributed by atoms with Crippen molar-refractivity contribution in [1.29, 1.82) is 0 Å². The maximum Gasteiger partial charge on any atom is 0.316 e. The number of carbonyl (C=O) groups excluding carboxylic acids is 2. The number of anilines is 1. The summed E-state index contributed by atoms with van der Waals surface area (Å²) >= 11 is 0. The molecule has 0 aliphatic heterocycles. The van der Waals surface area contributed by atoms with Gasteiger partial charge in [0.25, 0.3) is 0 Å². The standard InChI is InChI=1S/C9H11N3O2/c10-5-8(13)6-1-3-7(4-2-6)12-9(11)14/h1-4H,5,10H2,(H3,11,12,14). The molecule has 0 aromatic heterocycles. The van der Waals surface area contributed by atoms with E-state index in [0.29, 0.717) is 11.3 Å². The monoisotopic (exact) mass is 193 g/mol. The third-order valence-electron chi connectivity index (χ3n) is 1.66. The van der Waals surface area contributed by atoms with E-state index in [0.717, 1.165) is 0 Å². The molecule has 0 heterocycles. The van der Waals surface area contributed by atoms with E-state index in [-0.39, 0.29) is 12.3 Å². The highest BCUT2D eigenvalue weighted by Gasteiger charge is 2.02. The fraction of sp³-hybridized carbons (Fsp3) is 0.111. The van der Waals surface area contributed by atoms with Crippen molar-refractivity contribution >= 4 is 17.5 Å². The summed E-state index contributed by atoms with van der Waals surface area (Å²) in [5.41, 5.74) is 11.2. The zero-order chi connectivity index (χ0) is 10.6. The van der Waals surface area contributed by atoms with E-state index in [9.17, 15) is 9.59 Å². The van der Waals surface area contributed by atoms with Gasteiger partial charge in [-0.1, -0.05) is 0 Å². The fourth-order valence-corrected chi connectivity index (χ4v) is 1.000. The Morgan fingerprint density at radius 3 is 2.21 bits per heavy atom. The van der Waals surface area contributed by atoms with E-state index < -0.39 is 6.03 Å². The molecule has 0 fully saturated rings. The third kappa shape index (κ3) is 2.56. The molecular formula is C9H11N3O2. The van der Waals surface area contributed by atoms with Gasteiger partial charge >= 0.3 is 6.03 Å². The predicted octanol–water partition coefficient (Wildman–Crippen LogP) is 0.319. The SMILES string of the molecule is NCC(=O)c1ccc(NC(N)=O)cc1. The predicted molar refractivity (Wildman–Crippen MR) is 53.0 cm³/mol. The first kappa shape index (κ1) is 10.2. The van der Waals surface area contributed by atoms with Crippen LogP contribution in [0, 0.1) is 0 Å². The number of hydrogen-bond donors (Lipinski definition) is 3. The molecule has 1 aromatic rings. The van der Waals surface area contributed by atoms with Gasteiger partial charge in [0.2, 0.25) is 0 Å². The molecule has 0 aliphatic carbocycles. The highest BCUT2D eigenvalue weighted by molar-refractivity contribution is 5.98. The van der Waals surface area contributed by atoms with Gasteiger partial charge in [0.15, 0.2) is 5.78 Å². The lowest BCUT2D eigenvalue weighted by Gasteiger charge is -2.02. The van der Waals surface area contributed by atoms with Gasteiger partial charge in [-0.2, -0.15) is 0 Å². The van der Waals surface area contributed by atoms with E-state index >= 15 is 0 Å². The van der Waals surface area contributed by atoms with Crippen molar-refractivity contribution in [2.24, 2.45) is 11.5 Å². The smallest absolute Gasteiger partial charge is 0.316 e. The molecule has 74 valence electrons. The Balaban J connectivity index is 2.78. The van der Waals surface area contributed by atoms with Crippen LogP contribution in [0.3, 0.4) is 0 Å². The average molecular weight is 193 g/mol. The molecule has 0 spiro atoms. The Kier molecular flexibility index (Phi) is 3.19. The van der Waals surface area contributed by atoms with Gasteiger partial charge in [0.05, 0.1) is 6.54 Å². The lowest BCUT2D eigenvalue weighted by molar-refractivity contribution is 0.100. The van der Waals surface area contributed by atoms with Crippen LogP contribution in [0.25, 0.3) is 0 Å². The second-order valence-electron chi connectivity index (χ2n) is 2.69. The van der Waals surface area contributed by atoms with Gasteiger partial charge in [0.1, 0.15) is 0 Å². The first-order chi connectivity index (χ1) is 6.63. The summed E-state index contributed by atoms with van der Waals surface area (Å²) in [6.45, 7) is -0.0252. The molecule has 14 heavy (non-hydrogen) atoms. The van der Waals surface area contributed by atoms with Gasteiger partial charge in [-0.25, -0.2) is 4.79 Å². The van der Waals surface area contributed by atoms with E-state index in [4.69, 9.17) is 11.5 Å². The number of ketones is 1. The summed E-state index contributed by atoms with van der Waals surface area (Å²) in [7, 11) is 0. The Labute approximate surface area is 81.1 Å². The molecule has 5 nitrogen and oxygen atoms in total. The van der Waals surface area contributed by atoms with Crippen LogP contribution in [0.5, 0.6) is 0 Å². The van der Waals surface area contributed by atoms with Gasteiger partial charge in [-0.15, -0.1) is 0 Å². The second-order valence-corrected chi connectivity index (χ2v) is 2.69. The maximum absolute atomic E-state index is 11.1. The molecule has 0 bridgehead atoms. The van der Waals surface area contributed by atoms with Crippen LogP contribution in [0.2, 0.25) is 0 Å². The molecule has 0 radical (unpaired) electrons. The fourth-order valence-electron chi connectivity index (χ4n) is 1.000. The molecule has 0 aliphatic rings. The van der Waals surface area contributed by atoms with Crippen molar-refractivity contribution < 1.29 is 9.59 Å². The second kappa shape index (κ2) is 4.38. The minimum Gasteiger partial charge on any atom is -0.351 e. The van der Waals surface area contributed by atoms with Crippen LogP contribution >= 0.6 is 0 Å². The first-order valence-corrected chi connectivity index (χ1v) is 4.03. The molecular weight excluding hydrogens is 182 g/mol. The Hall–Kier alpha value is -1.88. The lowest BCUT2D eigenvalue weighted by Crippen LogP contribution is -2.19. The highest BCUT2D eigenvalue weighted by Crippen LogP contribution is 2.09. The third-order valence-corrected chi connectivity index (χ3v) is 1.66. The quantitative estimate of drug-likeness (QED) is 0.603. The lowest BCUT2D eigenvalue weighted by atomic mass is 10.1. The van der Waals surface area contributed by atoms with E-state index in [1.54, 1.807) is 24.3 Å². The van der Waals surface area contributed by atoms with Gasteiger partial charge in [0, 0.05) is 11.3 Å². The summed E-state index contributed by atoms with van der Waals surface area (Å²) in [4.78, 5) is 21.6. The van der Waals surface area contributed by atoms with Crippen molar-refractivity contribution in [3.63, 3.8) is 0 Å². The molecule has 1 aromatic carbocycles. The summed E-state index contributed by atoms with van der Waals surface area (Å²) < 4.78 is 0. The highest BCUT2D eigenvalue weighted by atomic mass is 16.2. The Morgan fingerprint density at radius 1 is 1.21 bits per heavy atom. The van der Waals surface area contributed by atoms with E-state index in [2.05, 4.69) is 5.32 Å². The van der Waals surface area contributed by atoms with Crippen molar-refractivity contribution in [1.82, 2.24) is 0 Å². The summed E-state index contributed by atoms with van der Waals surface area (Å²) in [6.07, 6.45) is 0. The number of carbonyl (C=O) groups is 2. The van der Waals surface area contributed by atoms with Crippen LogP contribution in [0.1, 0.15) is 10.4 Å². The topological polar surface area (TPSA) is 98.2 Å². The van der Waals surface area contributed by atoms with Crippen LogP contribution in [-0.2, 0) is 0 Å². The van der Waals surface area contributed by atoms with Gasteiger partial charge < -0.3 is 16.8 Å². The molecule has 2 amide bonds. The number of amides is 2. The summed E-state index contributed by atoms with van der Waals surface area (Å²) in [5.74, 6) is -0.143. The van der Waals surface area contributed by atoms with Crippen molar-refractivity contribution in [3.05, 3.63) is 29.8 Å². The average Bonchev–Trinajstić information content (AvgIpc) is 2.17. The zero-order valence-corrected chi connectivity index (χ0v) is 7.49. The Morgan fingerprint density at radius 2 is 1.79 bits per heavy atom. The summed E-state index contributed by atoms with van der Waals surface area (Å²) in [6, 6.07) is 5.71. The van der Waals surface area contributed by atoms with Crippen LogP contribution in [0.4, 0.5) is 10.5 Å². The van der Waals surface area contributed by atoms with Gasteiger partial charge in [-0.05, 0) is 24.3 Å². The number of hydrogen-bond acceptors (Lipinski definition) is 3. The van der Waals surface area contributed by atoms with Crippen molar-refractivity contribution in [2.45, 2.75) is 0 Å². The van der Waals surface area contributed by atoms with E-state index in [1.165, 1.54) is 0 Å². The number of urea groups is 1. The molecule has 5 heteroatoms. The molecule has 0 saturated heterocycles. The van der Waals surface area contributed by atoms with Crippen LogP contribution in [-0.4, -0.2) is 18.4 Å². The van der Waals surface area contributed by atoms with E-state index in [1.807, 2.05) is 0 Å². The molecule has 0 unspecified atom stereocenters. The van der Waals surface area contributed by atoms with Crippen molar-refractivity contribution in [2.75, 3.05) is 11.9 Å². The minimum absolute atomic E-state index is 0.0252. The number of nitrogens with one attached hydrogen (secondary N) is 1. The molecule has 0 atom stereocenters. The number of benzene rings is 1. The number of rotatable bonds is 3. The van der Waals surface area contributed by atoms with Gasteiger partial charge in [-0.3, -0.25) is 4.79 Å². The van der Waals surface area contributed by atoms with Crippen LogP contribution < -0.4 is 16.8 Å². The largest absolute Gasteiger partial charge is 0.351 e. The molecule has 0 saturated carbocycles. The molecule has 1 rings (SSSR count). The van der Waals surface area contributed by atoms with Crippen molar-refractivity contribution in [3.8, 4) is 0 Å². The summed E-state index contributed by atoms with van der Waals surface area (Å²) in [5, 5.41) is 2.39. The maximum atomic E-state index is 11.1. The Bertz CT molecular complexity index is 346. The first-order valence-electron chi connectivity index (χ1n) is 4.03. The van der Waals surface area contributed by atoms with Crippen LogP contribution in [0.15, 0.2) is 24.3 Å².